The number of nitrogens with zero attached hydrogens (tertiary/aromatic N) is 1. The molecule has 2 aromatic rings. The quantitative estimate of drug-likeness (QED) is 0.854. The van der Waals surface area contributed by atoms with Gasteiger partial charge in [-0.1, -0.05) is 30.3 Å². The molecule has 23 heavy (non-hydrogen) atoms. The van der Waals surface area contributed by atoms with Crippen molar-refractivity contribution < 1.29 is 4.79 Å². The van der Waals surface area contributed by atoms with E-state index in [1.165, 1.54) is 15.7 Å². The van der Waals surface area contributed by atoms with Crippen LogP contribution in [0.25, 0.3) is 10.8 Å². The van der Waals surface area contributed by atoms with Crippen LogP contribution in [-0.2, 0) is 4.79 Å². The molecule has 1 aliphatic rings. The topological polar surface area (TPSA) is 32.3 Å². The van der Waals surface area contributed by atoms with Crippen LogP contribution in [0.4, 0.5) is 0 Å². The van der Waals surface area contributed by atoms with Gasteiger partial charge in [0.15, 0.2) is 0 Å². The van der Waals surface area contributed by atoms with Gasteiger partial charge in [0.1, 0.15) is 0 Å². The lowest BCUT2D eigenvalue weighted by Crippen LogP contribution is -2.41. The second-order valence-corrected chi connectivity index (χ2v) is 7.23. The fourth-order valence-electron chi connectivity index (χ4n) is 3.17. The Hall–Kier alpha value is -1.52. The van der Waals surface area contributed by atoms with E-state index in [-0.39, 0.29) is 5.91 Å². The standard InChI is InChI=1S/C19H24N2OS/c1-20-13-15-8-10-21(11-9-15)19(22)14-23-18-7-6-16-4-2-3-5-17(16)12-18/h2-7,12,15,20H,8-11,13-14H2,1H3. The highest BCUT2D eigenvalue weighted by molar-refractivity contribution is 8.00. The summed E-state index contributed by atoms with van der Waals surface area (Å²) in [6.45, 7) is 2.88. The van der Waals surface area contributed by atoms with Crippen LogP contribution in [0.3, 0.4) is 0 Å². The summed E-state index contributed by atoms with van der Waals surface area (Å²) < 4.78 is 0. The lowest BCUT2D eigenvalue weighted by Gasteiger charge is -2.31. The number of hydrogen-bond acceptors (Lipinski definition) is 3. The fourth-order valence-corrected chi connectivity index (χ4v) is 4.02. The van der Waals surface area contributed by atoms with E-state index in [1.54, 1.807) is 11.8 Å². The van der Waals surface area contributed by atoms with Crippen molar-refractivity contribution in [1.29, 1.82) is 0 Å². The average Bonchev–Trinajstić information content (AvgIpc) is 2.60. The van der Waals surface area contributed by atoms with Crippen molar-refractivity contribution in [2.45, 2.75) is 17.7 Å². The molecule has 122 valence electrons. The molecule has 0 bridgehead atoms. The molecule has 0 spiro atoms. The van der Waals surface area contributed by atoms with Gasteiger partial charge >= 0.3 is 0 Å². The van der Waals surface area contributed by atoms with Crippen molar-refractivity contribution >= 4 is 28.4 Å². The monoisotopic (exact) mass is 328 g/mol. The number of benzene rings is 2. The summed E-state index contributed by atoms with van der Waals surface area (Å²) in [5.74, 6) is 1.53. The summed E-state index contributed by atoms with van der Waals surface area (Å²) >= 11 is 1.64. The molecule has 0 unspecified atom stereocenters. The normalized spacial score (nSPS) is 16.0. The van der Waals surface area contributed by atoms with Gasteiger partial charge in [-0.2, -0.15) is 0 Å². The highest BCUT2D eigenvalue weighted by Crippen LogP contribution is 2.24. The first-order valence-corrected chi connectivity index (χ1v) is 9.29. The van der Waals surface area contributed by atoms with Gasteiger partial charge in [0.2, 0.25) is 5.91 Å². The highest BCUT2D eigenvalue weighted by Gasteiger charge is 2.22. The third kappa shape index (κ3) is 4.27. The van der Waals surface area contributed by atoms with Crippen LogP contribution in [0.5, 0.6) is 0 Å². The van der Waals surface area contributed by atoms with E-state index in [0.29, 0.717) is 5.75 Å². The Morgan fingerprint density at radius 1 is 1.17 bits per heavy atom. The maximum atomic E-state index is 12.4. The van der Waals surface area contributed by atoms with Crippen LogP contribution in [0.2, 0.25) is 0 Å². The Balaban J connectivity index is 1.52. The second kappa shape index (κ2) is 7.84. The zero-order chi connectivity index (χ0) is 16.1. The number of amides is 1. The number of hydrogen-bond donors (Lipinski definition) is 1. The second-order valence-electron chi connectivity index (χ2n) is 6.18. The molecule has 0 aromatic heterocycles. The lowest BCUT2D eigenvalue weighted by molar-refractivity contribution is -0.129. The SMILES string of the molecule is CNCC1CCN(C(=O)CSc2ccc3ccccc3c2)CC1. The Bertz CT molecular complexity index is 665. The summed E-state index contributed by atoms with van der Waals surface area (Å²) in [6.07, 6.45) is 2.24. The Morgan fingerprint density at radius 2 is 1.91 bits per heavy atom. The summed E-state index contributed by atoms with van der Waals surface area (Å²) in [4.78, 5) is 15.6. The number of thioether (sulfide) groups is 1. The largest absolute Gasteiger partial charge is 0.342 e. The highest BCUT2D eigenvalue weighted by atomic mass is 32.2. The Morgan fingerprint density at radius 3 is 2.65 bits per heavy atom. The van der Waals surface area contributed by atoms with Crippen molar-refractivity contribution in [3.63, 3.8) is 0 Å². The molecule has 2 aromatic carbocycles. The molecule has 4 heteroatoms. The predicted molar refractivity (Wildman–Crippen MR) is 97.9 cm³/mol. The molecule has 0 radical (unpaired) electrons. The summed E-state index contributed by atoms with van der Waals surface area (Å²) in [7, 11) is 2.00. The van der Waals surface area contributed by atoms with Crippen LogP contribution in [0.1, 0.15) is 12.8 Å². The van der Waals surface area contributed by atoms with Gasteiger partial charge in [-0.3, -0.25) is 4.79 Å². The number of carbonyl (C=O) groups is 1. The third-order valence-electron chi connectivity index (χ3n) is 4.54. The van der Waals surface area contributed by atoms with E-state index in [9.17, 15) is 4.79 Å². The average molecular weight is 328 g/mol. The molecule has 1 amide bonds. The fraction of sp³-hybridized carbons (Fsp3) is 0.421. The van der Waals surface area contributed by atoms with Gasteiger partial charge < -0.3 is 10.2 Å². The number of likely N-dealkylation sites (tertiary alicyclic amines) is 1. The minimum Gasteiger partial charge on any atom is -0.342 e. The Kier molecular flexibility index (Phi) is 5.57. The molecule has 3 nitrogen and oxygen atoms in total. The van der Waals surface area contributed by atoms with Crippen LogP contribution >= 0.6 is 11.8 Å². The number of rotatable bonds is 5. The molecule has 0 aliphatic carbocycles. The molecular weight excluding hydrogens is 304 g/mol. The first-order chi connectivity index (χ1) is 11.3. The summed E-state index contributed by atoms with van der Waals surface area (Å²) in [5, 5.41) is 5.71. The molecule has 3 rings (SSSR count). The van der Waals surface area contributed by atoms with Crippen LogP contribution in [-0.4, -0.2) is 43.2 Å². The minimum atomic E-state index is 0.270. The van der Waals surface area contributed by atoms with E-state index >= 15 is 0 Å². The number of fused-ring (bicyclic) bond motifs is 1. The first kappa shape index (κ1) is 16.3. The molecule has 0 atom stereocenters. The van der Waals surface area contributed by atoms with Crippen molar-refractivity contribution in [3.8, 4) is 0 Å². The van der Waals surface area contributed by atoms with Crippen LogP contribution < -0.4 is 5.32 Å². The molecular formula is C19H24N2OS. The van der Waals surface area contributed by atoms with Gasteiger partial charge in [0, 0.05) is 18.0 Å². The van der Waals surface area contributed by atoms with Crippen molar-refractivity contribution in [3.05, 3.63) is 42.5 Å². The maximum Gasteiger partial charge on any atom is 0.232 e. The van der Waals surface area contributed by atoms with Crippen LogP contribution in [0, 0.1) is 5.92 Å². The molecule has 1 heterocycles. The smallest absolute Gasteiger partial charge is 0.232 e. The zero-order valence-corrected chi connectivity index (χ0v) is 14.4. The minimum absolute atomic E-state index is 0.270. The molecule has 1 saturated heterocycles. The lowest BCUT2D eigenvalue weighted by atomic mass is 9.97. The number of piperidine rings is 1. The predicted octanol–water partition coefficient (Wildman–Crippen LogP) is 3.39. The zero-order valence-electron chi connectivity index (χ0n) is 13.6. The molecule has 0 saturated carbocycles. The maximum absolute atomic E-state index is 12.4. The van der Waals surface area contributed by atoms with Gasteiger partial charge in [-0.15, -0.1) is 11.8 Å². The third-order valence-corrected chi connectivity index (χ3v) is 5.52. The molecule has 1 fully saturated rings. The van der Waals surface area contributed by atoms with E-state index in [2.05, 4.69) is 47.8 Å². The van der Waals surface area contributed by atoms with Crippen molar-refractivity contribution in [2.75, 3.05) is 32.4 Å². The van der Waals surface area contributed by atoms with E-state index in [4.69, 9.17) is 0 Å². The van der Waals surface area contributed by atoms with Gasteiger partial charge in [-0.05, 0) is 55.3 Å². The van der Waals surface area contributed by atoms with E-state index in [0.717, 1.165) is 38.4 Å². The van der Waals surface area contributed by atoms with Gasteiger partial charge in [0.25, 0.3) is 0 Å². The van der Waals surface area contributed by atoms with Crippen molar-refractivity contribution in [2.24, 2.45) is 5.92 Å². The summed E-state index contributed by atoms with van der Waals surface area (Å²) in [5.41, 5.74) is 0. The molecule has 1 aliphatic heterocycles. The van der Waals surface area contributed by atoms with Crippen LogP contribution in [0.15, 0.2) is 47.4 Å². The first-order valence-electron chi connectivity index (χ1n) is 8.30. The van der Waals surface area contributed by atoms with E-state index in [1.807, 2.05) is 11.9 Å². The summed E-state index contributed by atoms with van der Waals surface area (Å²) in [6, 6.07) is 14.8. The molecule has 1 N–H and O–H groups in total. The van der Waals surface area contributed by atoms with Gasteiger partial charge in [-0.25, -0.2) is 0 Å². The van der Waals surface area contributed by atoms with E-state index < -0.39 is 0 Å². The van der Waals surface area contributed by atoms with Gasteiger partial charge in [0.05, 0.1) is 5.75 Å². The number of nitrogens with one attached hydrogen (secondary N) is 1. The number of carbonyl (C=O) groups excluding carboxylic acids is 1. The Labute approximate surface area is 142 Å². The van der Waals surface area contributed by atoms with Crippen molar-refractivity contribution in [1.82, 2.24) is 10.2 Å².